The van der Waals surface area contributed by atoms with Gasteiger partial charge in [-0.25, -0.2) is 4.98 Å². The highest BCUT2D eigenvalue weighted by atomic mass is 16.5. The quantitative estimate of drug-likeness (QED) is 0.856. The SMILES string of the molecule is CCNc1cccc(C(=O)NCc2cc(C)on2)n1. The van der Waals surface area contributed by atoms with Gasteiger partial charge in [-0.3, -0.25) is 4.79 Å². The molecule has 0 radical (unpaired) electrons. The van der Waals surface area contributed by atoms with Gasteiger partial charge in [0.2, 0.25) is 0 Å². The van der Waals surface area contributed by atoms with Crippen LogP contribution in [0.25, 0.3) is 0 Å². The Labute approximate surface area is 111 Å². The molecule has 0 saturated carbocycles. The first-order valence-corrected chi connectivity index (χ1v) is 6.10. The maximum Gasteiger partial charge on any atom is 0.270 e. The monoisotopic (exact) mass is 260 g/mol. The average Bonchev–Trinajstić information content (AvgIpc) is 2.82. The summed E-state index contributed by atoms with van der Waals surface area (Å²) in [7, 11) is 0. The second-order valence-corrected chi connectivity index (χ2v) is 4.05. The maximum absolute atomic E-state index is 11.9. The third kappa shape index (κ3) is 3.54. The highest BCUT2D eigenvalue weighted by molar-refractivity contribution is 5.92. The Morgan fingerprint density at radius 2 is 2.26 bits per heavy atom. The molecule has 0 aliphatic carbocycles. The van der Waals surface area contributed by atoms with Gasteiger partial charge in [0.1, 0.15) is 23.0 Å². The Balaban J connectivity index is 1.97. The summed E-state index contributed by atoms with van der Waals surface area (Å²) in [6.45, 7) is 4.86. The second-order valence-electron chi connectivity index (χ2n) is 4.05. The van der Waals surface area contributed by atoms with Gasteiger partial charge in [0.05, 0.1) is 6.54 Å². The summed E-state index contributed by atoms with van der Waals surface area (Å²) in [5.74, 6) is 1.17. The normalized spacial score (nSPS) is 10.2. The number of rotatable bonds is 5. The van der Waals surface area contributed by atoms with E-state index >= 15 is 0 Å². The Morgan fingerprint density at radius 3 is 2.95 bits per heavy atom. The summed E-state index contributed by atoms with van der Waals surface area (Å²) in [6.07, 6.45) is 0. The molecule has 0 saturated heterocycles. The topological polar surface area (TPSA) is 80.0 Å². The van der Waals surface area contributed by atoms with Crippen molar-refractivity contribution in [1.29, 1.82) is 0 Å². The van der Waals surface area contributed by atoms with E-state index in [1.165, 1.54) is 0 Å². The first-order valence-electron chi connectivity index (χ1n) is 6.10. The Kier molecular flexibility index (Phi) is 4.12. The number of hydrogen-bond acceptors (Lipinski definition) is 5. The summed E-state index contributed by atoms with van der Waals surface area (Å²) in [4.78, 5) is 16.1. The maximum atomic E-state index is 11.9. The largest absolute Gasteiger partial charge is 0.370 e. The van der Waals surface area contributed by atoms with E-state index in [4.69, 9.17) is 4.52 Å². The number of carbonyl (C=O) groups excluding carboxylic acids is 1. The van der Waals surface area contributed by atoms with E-state index < -0.39 is 0 Å². The molecule has 6 nitrogen and oxygen atoms in total. The van der Waals surface area contributed by atoms with E-state index in [1.807, 2.05) is 13.0 Å². The number of amides is 1. The van der Waals surface area contributed by atoms with Gasteiger partial charge in [-0.15, -0.1) is 0 Å². The minimum Gasteiger partial charge on any atom is -0.370 e. The average molecular weight is 260 g/mol. The number of hydrogen-bond donors (Lipinski definition) is 2. The van der Waals surface area contributed by atoms with Crippen LogP contribution in [0.4, 0.5) is 5.82 Å². The minimum atomic E-state index is -0.236. The molecule has 2 aromatic heterocycles. The zero-order chi connectivity index (χ0) is 13.7. The number of anilines is 1. The van der Waals surface area contributed by atoms with Crippen molar-refractivity contribution in [3.8, 4) is 0 Å². The van der Waals surface area contributed by atoms with E-state index in [0.717, 1.165) is 12.3 Å². The van der Waals surface area contributed by atoms with E-state index in [-0.39, 0.29) is 5.91 Å². The molecule has 6 heteroatoms. The highest BCUT2D eigenvalue weighted by Crippen LogP contribution is 2.05. The Hall–Kier alpha value is -2.37. The van der Waals surface area contributed by atoms with Crippen molar-refractivity contribution in [2.45, 2.75) is 20.4 Å². The van der Waals surface area contributed by atoms with Crippen molar-refractivity contribution in [3.63, 3.8) is 0 Å². The van der Waals surface area contributed by atoms with Gasteiger partial charge in [-0.05, 0) is 26.0 Å². The molecule has 0 spiro atoms. The fourth-order valence-electron chi connectivity index (χ4n) is 1.60. The molecule has 19 heavy (non-hydrogen) atoms. The van der Waals surface area contributed by atoms with Crippen LogP contribution in [0.2, 0.25) is 0 Å². The van der Waals surface area contributed by atoms with Gasteiger partial charge >= 0.3 is 0 Å². The molecule has 0 aliphatic rings. The second kappa shape index (κ2) is 5.99. The van der Waals surface area contributed by atoms with Crippen molar-refractivity contribution >= 4 is 11.7 Å². The van der Waals surface area contributed by atoms with Gasteiger partial charge in [-0.2, -0.15) is 0 Å². The molecule has 1 amide bonds. The van der Waals surface area contributed by atoms with Gasteiger partial charge in [-0.1, -0.05) is 11.2 Å². The van der Waals surface area contributed by atoms with E-state index in [2.05, 4.69) is 20.8 Å². The molecule has 0 aromatic carbocycles. The van der Waals surface area contributed by atoms with Crippen molar-refractivity contribution in [3.05, 3.63) is 41.4 Å². The van der Waals surface area contributed by atoms with Crippen LogP contribution in [-0.2, 0) is 6.54 Å². The van der Waals surface area contributed by atoms with Crippen LogP contribution in [-0.4, -0.2) is 22.6 Å². The first kappa shape index (κ1) is 13.1. The van der Waals surface area contributed by atoms with E-state index in [0.29, 0.717) is 23.8 Å². The standard InChI is InChI=1S/C13H16N4O2/c1-3-14-12-6-4-5-11(16-12)13(18)15-8-10-7-9(2)19-17-10/h4-7H,3,8H2,1-2H3,(H,14,16)(H,15,18). The van der Waals surface area contributed by atoms with Crippen molar-refractivity contribution < 1.29 is 9.32 Å². The lowest BCUT2D eigenvalue weighted by Crippen LogP contribution is -2.24. The molecule has 2 rings (SSSR count). The smallest absolute Gasteiger partial charge is 0.270 e. The lowest BCUT2D eigenvalue weighted by Gasteiger charge is -2.05. The van der Waals surface area contributed by atoms with Gasteiger partial charge in [0.25, 0.3) is 5.91 Å². The third-order valence-electron chi connectivity index (χ3n) is 2.45. The van der Waals surface area contributed by atoms with Gasteiger partial charge in [0.15, 0.2) is 0 Å². The van der Waals surface area contributed by atoms with Gasteiger partial charge in [0, 0.05) is 12.6 Å². The zero-order valence-electron chi connectivity index (χ0n) is 10.9. The molecule has 0 aliphatic heterocycles. The first-order chi connectivity index (χ1) is 9.19. The van der Waals surface area contributed by atoms with Crippen LogP contribution >= 0.6 is 0 Å². The fourth-order valence-corrected chi connectivity index (χ4v) is 1.60. The molecule has 0 unspecified atom stereocenters. The molecular formula is C13H16N4O2. The molecule has 0 bridgehead atoms. The zero-order valence-corrected chi connectivity index (χ0v) is 10.9. The van der Waals surface area contributed by atoms with Crippen LogP contribution in [0.3, 0.4) is 0 Å². The van der Waals surface area contributed by atoms with E-state index in [1.54, 1.807) is 25.1 Å². The molecule has 100 valence electrons. The summed E-state index contributed by atoms with van der Waals surface area (Å²) < 4.78 is 4.93. The van der Waals surface area contributed by atoms with E-state index in [9.17, 15) is 4.79 Å². The Bertz CT molecular complexity index is 565. The molecule has 0 atom stereocenters. The van der Waals surface area contributed by atoms with Crippen molar-refractivity contribution in [2.75, 3.05) is 11.9 Å². The predicted octanol–water partition coefficient (Wildman–Crippen LogP) is 1.74. The fraction of sp³-hybridized carbons (Fsp3) is 0.308. The number of nitrogens with one attached hydrogen (secondary N) is 2. The minimum absolute atomic E-state index is 0.236. The summed E-state index contributed by atoms with van der Waals surface area (Å²) in [5, 5.41) is 9.61. The van der Waals surface area contributed by atoms with Crippen molar-refractivity contribution in [1.82, 2.24) is 15.5 Å². The summed E-state index contributed by atoms with van der Waals surface area (Å²) in [6, 6.07) is 7.06. The number of carbonyl (C=O) groups is 1. The Morgan fingerprint density at radius 1 is 1.42 bits per heavy atom. The van der Waals surface area contributed by atoms with Crippen LogP contribution in [0, 0.1) is 6.92 Å². The van der Waals surface area contributed by atoms with Crippen LogP contribution < -0.4 is 10.6 Å². The number of nitrogens with zero attached hydrogens (tertiary/aromatic N) is 2. The molecule has 2 aromatic rings. The van der Waals surface area contributed by atoms with Gasteiger partial charge < -0.3 is 15.2 Å². The highest BCUT2D eigenvalue weighted by Gasteiger charge is 2.09. The van der Waals surface area contributed by atoms with Crippen molar-refractivity contribution in [2.24, 2.45) is 0 Å². The molecular weight excluding hydrogens is 244 g/mol. The third-order valence-corrected chi connectivity index (χ3v) is 2.45. The summed E-state index contributed by atoms with van der Waals surface area (Å²) in [5.41, 5.74) is 1.06. The molecule has 2 heterocycles. The van der Waals surface area contributed by atoms with Crippen LogP contribution in [0.1, 0.15) is 28.9 Å². The number of aryl methyl sites for hydroxylation is 1. The van der Waals surface area contributed by atoms with Crippen LogP contribution in [0.15, 0.2) is 28.8 Å². The lowest BCUT2D eigenvalue weighted by atomic mass is 10.3. The number of aromatic nitrogens is 2. The number of pyridine rings is 1. The predicted molar refractivity (Wildman–Crippen MR) is 70.8 cm³/mol. The molecule has 2 N–H and O–H groups in total. The molecule has 0 fully saturated rings. The van der Waals surface area contributed by atoms with Crippen LogP contribution in [0.5, 0.6) is 0 Å². The summed E-state index contributed by atoms with van der Waals surface area (Å²) >= 11 is 0. The lowest BCUT2D eigenvalue weighted by molar-refractivity contribution is 0.0945.